The molecule has 0 N–H and O–H groups in total. The first-order chi connectivity index (χ1) is 1.00. The van der Waals surface area contributed by atoms with Gasteiger partial charge in [-0.25, -0.2) is 0 Å². The zero-order valence-corrected chi connectivity index (χ0v) is 6.71. The van der Waals surface area contributed by atoms with E-state index in [1.807, 2.05) is 0 Å². The van der Waals surface area contributed by atoms with Crippen LogP contribution in [-0.2, 0) is 27.5 Å². The number of hydrogen-bond donors (Lipinski definition) is 0. The van der Waals surface area contributed by atoms with Crippen molar-refractivity contribution in [3.8, 4) is 0 Å². The van der Waals surface area contributed by atoms with Crippen LogP contribution in [0.3, 0.4) is 0 Å². The third-order valence-electron chi connectivity index (χ3n) is 0. The van der Waals surface area contributed by atoms with Gasteiger partial charge in [0.05, 0.1) is 0 Å². The fraction of sp³-hybridized carbons (Fsp3) is 0. The average molecular weight is 170 g/mol. The number of halogens is 1. The second-order valence-corrected chi connectivity index (χ2v) is 0. The average Bonchev–Trinajstić information content (AvgIpc) is 1.00. The second-order valence-electron chi connectivity index (χ2n) is 0. The molecule has 0 aliphatic rings. The van der Waals surface area contributed by atoms with Crippen molar-refractivity contribution < 1.29 is 30.4 Å². The van der Waals surface area contributed by atoms with Crippen LogP contribution in [0.1, 0.15) is 2.85 Å². The molecule has 0 aliphatic heterocycles. The summed E-state index contributed by atoms with van der Waals surface area (Å²) in [5.41, 5.74) is 0. The van der Waals surface area contributed by atoms with Crippen molar-refractivity contribution in [1.82, 2.24) is 0 Å². The van der Waals surface area contributed by atoms with E-state index in [-0.39, 0.29) is 38.3 Å². The van der Waals surface area contributed by atoms with Gasteiger partial charge in [0.2, 0.25) is 0 Å². The zero-order valence-electron chi connectivity index (χ0n) is 4.02. The van der Waals surface area contributed by atoms with Crippen LogP contribution in [0.25, 0.3) is 0 Å². The minimum atomic E-state index is 0. The zero-order chi connectivity index (χ0) is 2.00. The van der Waals surface area contributed by atoms with Crippen LogP contribution in [0.15, 0.2) is 0 Å². The molecule has 0 radical (unpaired) electrons. The Kier molecular flexibility index (Phi) is 94.1. The van der Waals surface area contributed by atoms with Gasteiger partial charge in [-0.2, -0.15) is 0 Å². The van der Waals surface area contributed by atoms with Crippen molar-refractivity contribution in [1.29, 1.82) is 0 Å². The van der Waals surface area contributed by atoms with Gasteiger partial charge >= 0.3 is 50.6 Å². The van der Waals surface area contributed by atoms with Gasteiger partial charge in [-0.1, -0.05) is 0 Å². The van der Waals surface area contributed by atoms with E-state index >= 15 is 0 Å². The molecule has 0 heterocycles. The first-order valence-corrected chi connectivity index (χ1v) is 1.21. The summed E-state index contributed by atoms with van der Waals surface area (Å²) in [6.07, 6.45) is 0. The van der Waals surface area contributed by atoms with Gasteiger partial charge in [0.1, 0.15) is 0 Å². The summed E-state index contributed by atoms with van der Waals surface area (Å²) in [4.78, 5) is 0. The Morgan fingerprint density at radius 3 is 1.50 bits per heavy atom. The molecule has 22 valence electrons. The summed E-state index contributed by atoms with van der Waals surface area (Å²) in [6, 6.07) is 0. The summed E-state index contributed by atoms with van der Waals surface area (Å²) >= 11 is 0.300. The Balaban J connectivity index is -0.000000000833. The maximum atomic E-state index is 8.34. The summed E-state index contributed by atoms with van der Waals surface area (Å²) in [6.45, 7) is 0. The Bertz CT molecular complexity index is 13.5. The molecule has 0 aliphatic carbocycles. The van der Waals surface area contributed by atoms with Crippen LogP contribution in [-0.4, -0.2) is 23.1 Å². The van der Waals surface area contributed by atoms with Gasteiger partial charge in [-0.15, -0.1) is 12.4 Å². The molecule has 0 bridgehead atoms. The first kappa shape index (κ1) is 17.2. The molecule has 4 heavy (non-hydrogen) atoms. The Labute approximate surface area is 65.3 Å². The predicted octanol–water partition coefficient (Wildman–Crippen LogP) is 0.145. The van der Waals surface area contributed by atoms with E-state index < -0.39 is 0 Å². The number of hydrogen-bond acceptors (Lipinski definition) is 1. The predicted molar refractivity (Wildman–Crippen MR) is 15.9 cm³/mol. The van der Waals surface area contributed by atoms with Crippen LogP contribution in [0.5, 0.6) is 0 Å². The molecule has 0 amide bonds. The maximum absolute atomic E-state index is 8.34. The van der Waals surface area contributed by atoms with E-state index in [0.717, 1.165) is 0 Å². The molecular formula is H3ClMgOZr. The molecule has 0 saturated carbocycles. The quantitative estimate of drug-likeness (QED) is 0.472. The second kappa shape index (κ2) is 21.9. The van der Waals surface area contributed by atoms with Crippen LogP contribution in [0, 0.1) is 0 Å². The summed E-state index contributed by atoms with van der Waals surface area (Å²) < 4.78 is 8.34. The monoisotopic (exact) mass is 168 g/mol. The fourth-order valence-corrected chi connectivity index (χ4v) is 0. The normalized spacial score (nSPS) is 0.750. The van der Waals surface area contributed by atoms with E-state index in [4.69, 9.17) is 2.81 Å². The van der Waals surface area contributed by atoms with E-state index in [2.05, 4.69) is 0 Å². The van der Waals surface area contributed by atoms with Gasteiger partial charge in [0, 0.05) is 0 Å². The van der Waals surface area contributed by atoms with Gasteiger partial charge in [-0.05, 0) is 0 Å². The van der Waals surface area contributed by atoms with E-state index in [1.54, 1.807) is 0 Å². The third kappa shape index (κ3) is 9.28. The molecule has 4 heteroatoms. The molecule has 0 aromatic heterocycles. The van der Waals surface area contributed by atoms with Crippen molar-refractivity contribution in [2.24, 2.45) is 0 Å². The van der Waals surface area contributed by atoms with Crippen molar-refractivity contribution in [3.05, 3.63) is 0 Å². The van der Waals surface area contributed by atoms with Crippen molar-refractivity contribution in [3.63, 3.8) is 0 Å². The van der Waals surface area contributed by atoms with E-state index in [1.165, 1.54) is 0 Å². The molecule has 0 unspecified atom stereocenters. The summed E-state index contributed by atoms with van der Waals surface area (Å²) in [5.74, 6) is 0. The molecular weight excluding hydrogens is 167 g/mol. The SMILES string of the molecule is Cl.[H-].[H-].[Mg+2].[O]=[Zr]. The Morgan fingerprint density at radius 2 is 1.50 bits per heavy atom. The van der Waals surface area contributed by atoms with Crippen LogP contribution in [0.4, 0.5) is 0 Å². The summed E-state index contributed by atoms with van der Waals surface area (Å²) in [7, 11) is 0. The van der Waals surface area contributed by atoms with Crippen LogP contribution < -0.4 is 0 Å². The first-order valence-electron chi connectivity index (χ1n) is 0.204. The minimum absolute atomic E-state index is 0. The fourth-order valence-electron chi connectivity index (χ4n) is 0. The molecule has 0 rings (SSSR count). The molecule has 0 saturated heterocycles. The van der Waals surface area contributed by atoms with Gasteiger partial charge in [0.25, 0.3) is 0 Å². The van der Waals surface area contributed by atoms with Gasteiger partial charge in [0.15, 0.2) is 0 Å². The van der Waals surface area contributed by atoms with E-state index in [9.17, 15) is 0 Å². The molecule has 0 atom stereocenters. The van der Waals surface area contributed by atoms with Crippen molar-refractivity contribution in [2.75, 3.05) is 0 Å². The molecule has 1 nitrogen and oxygen atoms in total. The molecule has 0 aromatic carbocycles. The molecule has 0 aromatic rings. The molecule has 0 fully saturated rings. The van der Waals surface area contributed by atoms with Gasteiger partial charge in [-0.3, -0.25) is 0 Å². The standard InChI is InChI=1S/ClH.Mg.O.Zr.2H/h1H;;;;;/q;+2;;;2*-1. The van der Waals surface area contributed by atoms with E-state index in [0.29, 0.717) is 24.7 Å². The van der Waals surface area contributed by atoms with Crippen LogP contribution >= 0.6 is 12.4 Å². The van der Waals surface area contributed by atoms with Crippen molar-refractivity contribution >= 4 is 35.5 Å². The topological polar surface area (TPSA) is 17.1 Å². The Morgan fingerprint density at radius 1 is 1.50 bits per heavy atom. The van der Waals surface area contributed by atoms with Crippen molar-refractivity contribution in [2.45, 2.75) is 0 Å². The van der Waals surface area contributed by atoms with Gasteiger partial charge < -0.3 is 2.85 Å². The Hall–Kier alpha value is 1.74. The third-order valence-corrected chi connectivity index (χ3v) is 0. The summed E-state index contributed by atoms with van der Waals surface area (Å²) in [5, 5.41) is 0. The van der Waals surface area contributed by atoms with Crippen LogP contribution in [0.2, 0.25) is 0 Å². The molecule has 0 spiro atoms. The number of rotatable bonds is 0.